The van der Waals surface area contributed by atoms with Crippen molar-refractivity contribution in [2.45, 2.75) is 24.3 Å². The number of pyridine rings is 1. The van der Waals surface area contributed by atoms with Crippen molar-refractivity contribution < 1.29 is 0 Å². The summed E-state index contributed by atoms with van der Waals surface area (Å²) in [7, 11) is 2.01. The summed E-state index contributed by atoms with van der Waals surface area (Å²) < 4.78 is 0. The molecule has 0 fully saturated rings. The summed E-state index contributed by atoms with van der Waals surface area (Å²) in [4.78, 5) is 5.35. The number of benzene rings is 1. The Morgan fingerprint density at radius 3 is 2.85 bits per heavy atom. The van der Waals surface area contributed by atoms with Gasteiger partial charge in [0, 0.05) is 22.9 Å². The molecule has 1 unspecified atom stereocenters. The lowest BCUT2D eigenvalue weighted by Gasteiger charge is -2.16. The van der Waals surface area contributed by atoms with Gasteiger partial charge in [-0.05, 0) is 50.2 Å². The summed E-state index contributed by atoms with van der Waals surface area (Å²) in [5.74, 6) is 1.62. The second-order valence-electron chi connectivity index (χ2n) is 4.91. The second kappa shape index (κ2) is 7.31. The summed E-state index contributed by atoms with van der Waals surface area (Å²) in [5, 5.41) is 3.37. The highest BCUT2D eigenvalue weighted by molar-refractivity contribution is 7.99. The fourth-order valence-electron chi connectivity index (χ4n) is 2.05. The van der Waals surface area contributed by atoms with Crippen molar-refractivity contribution in [1.29, 1.82) is 0 Å². The van der Waals surface area contributed by atoms with E-state index in [1.54, 1.807) is 6.20 Å². The van der Waals surface area contributed by atoms with Crippen LogP contribution in [0.15, 0.2) is 47.5 Å². The lowest BCUT2D eigenvalue weighted by atomic mass is 10.1. The Labute approximate surface area is 125 Å². The van der Waals surface area contributed by atoms with Crippen LogP contribution >= 0.6 is 11.8 Å². The van der Waals surface area contributed by atoms with Crippen LogP contribution in [0.25, 0.3) is 0 Å². The monoisotopic (exact) mass is 287 g/mol. The first kappa shape index (κ1) is 14.9. The molecule has 0 amide bonds. The quantitative estimate of drug-likeness (QED) is 0.802. The van der Waals surface area contributed by atoms with Gasteiger partial charge < -0.3 is 11.1 Å². The predicted molar refractivity (Wildman–Crippen MR) is 87.1 cm³/mol. The molecule has 0 saturated heterocycles. The van der Waals surface area contributed by atoms with Crippen molar-refractivity contribution in [2.75, 3.05) is 18.5 Å². The Bertz CT molecular complexity index is 557. The van der Waals surface area contributed by atoms with E-state index in [9.17, 15) is 0 Å². The Balaban J connectivity index is 1.92. The Hall–Kier alpha value is -1.52. The van der Waals surface area contributed by atoms with Gasteiger partial charge in [0.05, 0.1) is 0 Å². The van der Waals surface area contributed by atoms with Crippen LogP contribution in [0.2, 0.25) is 0 Å². The molecule has 0 aliphatic rings. The van der Waals surface area contributed by atoms with Crippen molar-refractivity contribution in [2.24, 2.45) is 0 Å². The largest absolute Gasteiger partial charge is 0.384 e. The third-order valence-electron chi connectivity index (χ3n) is 3.18. The van der Waals surface area contributed by atoms with Gasteiger partial charge in [-0.15, -0.1) is 11.8 Å². The smallest absolute Gasteiger partial charge is 0.123 e. The van der Waals surface area contributed by atoms with E-state index in [2.05, 4.69) is 41.5 Å². The molecule has 20 heavy (non-hydrogen) atoms. The summed E-state index contributed by atoms with van der Waals surface area (Å²) >= 11 is 1.88. The fraction of sp³-hybridized carbons (Fsp3) is 0.312. The van der Waals surface area contributed by atoms with E-state index < -0.39 is 0 Å². The minimum absolute atomic E-state index is 0.419. The standard InChI is InChI=1S/C16H21N3S/c1-12-4-3-5-15(8-12)20-11-14(18-2)9-13-6-7-19-16(17)10-13/h3-8,10,14,18H,9,11H2,1-2H3,(H2,17,19). The zero-order valence-corrected chi connectivity index (χ0v) is 12.8. The number of nitrogen functional groups attached to an aromatic ring is 1. The predicted octanol–water partition coefficient (Wildman–Crippen LogP) is 2.90. The summed E-state index contributed by atoms with van der Waals surface area (Å²) in [6, 6.07) is 13.0. The van der Waals surface area contributed by atoms with Gasteiger partial charge in [0.2, 0.25) is 0 Å². The van der Waals surface area contributed by atoms with Gasteiger partial charge in [0.15, 0.2) is 0 Å². The number of aryl methyl sites for hydroxylation is 1. The van der Waals surface area contributed by atoms with E-state index >= 15 is 0 Å². The van der Waals surface area contributed by atoms with Crippen LogP contribution in [0.1, 0.15) is 11.1 Å². The number of anilines is 1. The molecule has 106 valence electrons. The van der Waals surface area contributed by atoms with Crippen molar-refractivity contribution in [3.63, 3.8) is 0 Å². The Morgan fingerprint density at radius 1 is 1.30 bits per heavy atom. The van der Waals surface area contributed by atoms with Gasteiger partial charge in [-0.1, -0.05) is 17.7 Å². The van der Waals surface area contributed by atoms with Crippen molar-refractivity contribution in [3.05, 3.63) is 53.7 Å². The molecule has 0 saturated carbocycles. The molecule has 0 radical (unpaired) electrons. The minimum Gasteiger partial charge on any atom is -0.384 e. The molecule has 2 aromatic rings. The fourth-order valence-corrected chi connectivity index (χ4v) is 3.17. The molecule has 3 N–H and O–H groups in total. The Morgan fingerprint density at radius 2 is 2.15 bits per heavy atom. The van der Waals surface area contributed by atoms with Gasteiger partial charge in [0.1, 0.15) is 5.82 Å². The number of aromatic nitrogens is 1. The first-order chi connectivity index (χ1) is 9.67. The molecule has 4 heteroatoms. The van der Waals surface area contributed by atoms with Crippen LogP contribution in [0.4, 0.5) is 5.82 Å². The minimum atomic E-state index is 0.419. The lowest BCUT2D eigenvalue weighted by Crippen LogP contribution is -2.30. The molecule has 1 aromatic heterocycles. The van der Waals surface area contributed by atoms with Crippen LogP contribution in [-0.2, 0) is 6.42 Å². The van der Waals surface area contributed by atoms with Crippen LogP contribution in [-0.4, -0.2) is 23.8 Å². The van der Waals surface area contributed by atoms with E-state index in [-0.39, 0.29) is 0 Å². The maximum atomic E-state index is 5.72. The van der Waals surface area contributed by atoms with E-state index in [4.69, 9.17) is 5.73 Å². The molecule has 1 aromatic carbocycles. The number of likely N-dealkylation sites (N-methyl/N-ethyl adjacent to an activating group) is 1. The van der Waals surface area contributed by atoms with Crippen LogP contribution in [0.5, 0.6) is 0 Å². The zero-order chi connectivity index (χ0) is 14.4. The average molecular weight is 287 g/mol. The zero-order valence-electron chi connectivity index (χ0n) is 12.0. The second-order valence-corrected chi connectivity index (χ2v) is 6.00. The highest BCUT2D eigenvalue weighted by atomic mass is 32.2. The van der Waals surface area contributed by atoms with Gasteiger partial charge in [0.25, 0.3) is 0 Å². The number of thioether (sulfide) groups is 1. The number of nitrogens with one attached hydrogen (secondary N) is 1. The number of nitrogens with zero attached hydrogens (tertiary/aromatic N) is 1. The molecule has 2 rings (SSSR count). The van der Waals surface area contributed by atoms with Crippen molar-refractivity contribution in [1.82, 2.24) is 10.3 Å². The van der Waals surface area contributed by atoms with Crippen LogP contribution < -0.4 is 11.1 Å². The molecule has 0 spiro atoms. The van der Waals surface area contributed by atoms with Gasteiger partial charge in [-0.3, -0.25) is 0 Å². The normalized spacial score (nSPS) is 12.3. The molecule has 0 aliphatic carbocycles. The van der Waals surface area contributed by atoms with Crippen molar-refractivity contribution in [3.8, 4) is 0 Å². The molecular formula is C16H21N3S. The molecule has 3 nitrogen and oxygen atoms in total. The SMILES string of the molecule is CNC(CSc1cccc(C)c1)Cc1ccnc(N)c1. The first-order valence-corrected chi connectivity index (χ1v) is 7.73. The maximum Gasteiger partial charge on any atom is 0.123 e. The summed E-state index contributed by atoms with van der Waals surface area (Å²) in [6.45, 7) is 2.12. The van der Waals surface area contributed by atoms with Crippen molar-refractivity contribution >= 4 is 17.6 Å². The number of hydrogen-bond donors (Lipinski definition) is 2. The first-order valence-electron chi connectivity index (χ1n) is 6.74. The van der Waals surface area contributed by atoms with E-state index in [1.807, 2.05) is 30.9 Å². The van der Waals surface area contributed by atoms with E-state index in [1.165, 1.54) is 16.0 Å². The number of rotatable bonds is 6. The summed E-state index contributed by atoms with van der Waals surface area (Å²) in [6.07, 6.45) is 2.73. The van der Waals surface area contributed by atoms with Crippen LogP contribution in [0.3, 0.4) is 0 Å². The molecule has 0 bridgehead atoms. The highest BCUT2D eigenvalue weighted by Gasteiger charge is 2.08. The molecular weight excluding hydrogens is 266 g/mol. The lowest BCUT2D eigenvalue weighted by molar-refractivity contribution is 0.617. The maximum absolute atomic E-state index is 5.72. The van der Waals surface area contributed by atoms with Gasteiger partial charge in [-0.25, -0.2) is 4.98 Å². The third kappa shape index (κ3) is 4.54. The topological polar surface area (TPSA) is 50.9 Å². The molecule has 1 atom stereocenters. The van der Waals surface area contributed by atoms with E-state index in [0.29, 0.717) is 11.9 Å². The van der Waals surface area contributed by atoms with Gasteiger partial charge in [-0.2, -0.15) is 0 Å². The molecule has 1 heterocycles. The van der Waals surface area contributed by atoms with Crippen LogP contribution in [0, 0.1) is 6.92 Å². The number of nitrogens with two attached hydrogens (primary N) is 1. The van der Waals surface area contributed by atoms with E-state index in [0.717, 1.165) is 12.2 Å². The summed E-state index contributed by atoms with van der Waals surface area (Å²) in [5.41, 5.74) is 8.25. The third-order valence-corrected chi connectivity index (χ3v) is 4.33. The molecule has 0 aliphatic heterocycles. The average Bonchev–Trinajstić information content (AvgIpc) is 2.43. The van der Waals surface area contributed by atoms with Gasteiger partial charge >= 0.3 is 0 Å². The Kier molecular flexibility index (Phi) is 5.44. The highest BCUT2D eigenvalue weighted by Crippen LogP contribution is 2.20. The number of hydrogen-bond acceptors (Lipinski definition) is 4.